The van der Waals surface area contributed by atoms with Crippen molar-refractivity contribution in [1.29, 1.82) is 0 Å². The van der Waals surface area contributed by atoms with Crippen LogP contribution in [0.4, 0.5) is 11.8 Å². The smallest absolute Gasteiger partial charge is 0.244 e. The molecule has 18 heavy (non-hydrogen) atoms. The van der Waals surface area contributed by atoms with E-state index in [0.717, 1.165) is 45.0 Å². The lowest BCUT2D eigenvalue weighted by molar-refractivity contribution is 0.312. The third kappa shape index (κ3) is 3.53. The fourth-order valence-corrected chi connectivity index (χ4v) is 1.93. The molecule has 6 heteroatoms. The molecular weight excluding hydrogens is 228 g/mol. The Bertz CT molecular complexity index is 361. The first kappa shape index (κ1) is 13.0. The fraction of sp³-hybridized carbons (Fsp3) is 0.750. The molecule has 0 aliphatic carbocycles. The number of anilines is 2. The molecule has 0 radical (unpaired) electrons. The average molecular weight is 250 g/mol. The molecule has 1 saturated heterocycles. The summed E-state index contributed by atoms with van der Waals surface area (Å²) in [4.78, 5) is 9.10. The van der Waals surface area contributed by atoms with Gasteiger partial charge in [0.2, 0.25) is 5.95 Å². The maximum Gasteiger partial charge on any atom is 0.244 e. The first-order valence-electron chi connectivity index (χ1n) is 6.66. The van der Waals surface area contributed by atoms with Crippen LogP contribution in [0.5, 0.6) is 0 Å². The highest BCUT2D eigenvalue weighted by atomic mass is 15.3. The van der Waals surface area contributed by atoms with Crippen LogP contribution in [0, 0.1) is 0 Å². The highest BCUT2D eigenvalue weighted by molar-refractivity contribution is 5.40. The van der Waals surface area contributed by atoms with Gasteiger partial charge in [-0.05, 0) is 13.5 Å². The van der Waals surface area contributed by atoms with Gasteiger partial charge in [-0.3, -0.25) is 0 Å². The van der Waals surface area contributed by atoms with Crippen molar-refractivity contribution in [1.82, 2.24) is 20.1 Å². The highest BCUT2D eigenvalue weighted by Crippen LogP contribution is 2.12. The van der Waals surface area contributed by atoms with Crippen LogP contribution in [-0.4, -0.2) is 59.9 Å². The summed E-state index contributed by atoms with van der Waals surface area (Å²) in [6.45, 7) is 7.23. The number of hydrogen-bond acceptors (Lipinski definition) is 6. The second-order valence-corrected chi connectivity index (χ2v) is 4.71. The Morgan fingerprint density at radius 2 is 2.06 bits per heavy atom. The molecule has 0 bridgehead atoms. The second kappa shape index (κ2) is 6.49. The number of nitrogens with zero attached hydrogens (tertiary/aromatic N) is 5. The molecule has 0 amide bonds. The van der Waals surface area contributed by atoms with Crippen LogP contribution in [0.25, 0.3) is 0 Å². The van der Waals surface area contributed by atoms with Gasteiger partial charge in [0, 0.05) is 32.7 Å². The normalized spacial score (nSPS) is 16.9. The van der Waals surface area contributed by atoms with Crippen LogP contribution in [-0.2, 0) is 0 Å². The van der Waals surface area contributed by atoms with E-state index in [4.69, 9.17) is 0 Å². The van der Waals surface area contributed by atoms with E-state index in [0.29, 0.717) is 5.95 Å². The van der Waals surface area contributed by atoms with Crippen LogP contribution in [0.2, 0.25) is 0 Å². The Balaban J connectivity index is 1.94. The van der Waals surface area contributed by atoms with Gasteiger partial charge in [-0.15, -0.1) is 5.10 Å². The van der Waals surface area contributed by atoms with Crippen molar-refractivity contribution in [2.75, 3.05) is 50.0 Å². The molecule has 6 nitrogen and oxygen atoms in total. The van der Waals surface area contributed by atoms with Crippen molar-refractivity contribution >= 4 is 11.8 Å². The monoisotopic (exact) mass is 250 g/mol. The summed E-state index contributed by atoms with van der Waals surface area (Å²) in [5.74, 6) is 1.57. The van der Waals surface area contributed by atoms with E-state index in [1.807, 2.05) is 0 Å². The molecule has 0 spiro atoms. The van der Waals surface area contributed by atoms with Crippen LogP contribution in [0.1, 0.15) is 19.8 Å². The van der Waals surface area contributed by atoms with Gasteiger partial charge in [-0.2, -0.15) is 10.1 Å². The molecule has 1 fully saturated rings. The summed E-state index contributed by atoms with van der Waals surface area (Å²) < 4.78 is 0. The van der Waals surface area contributed by atoms with Gasteiger partial charge < -0.3 is 15.1 Å². The van der Waals surface area contributed by atoms with Gasteiger partial charge in [-0.25, -0.2) is 0 Å². The fourth-order valence-electron chi connectivity index (χ4n) is 1.93. The summed E-state index contributed by atoms with van der Waals surface area (Å²) in [7, 11) is 2.15. The molecule has 1 aliphatic rings. The minimum absolute atomic E-state index is 0.639. The van der Waals surface area contributed by atoms with Crippen LogP contribution in [0.3, 0.4) is 0 Å². The molecule has 0 aromatic carbocycles. The zero-order valence-electron chi connectivity index (χ0n) is 11.3. The number of hydrogen-bond donors (Lipinski definition) is 1. The van der Waals surface area contributed by atoms with Crippen molar-refractivity contribution in [3.8, 4) is 0 Å². The second-order valence-electron chi connectivity index (χ2n) is 4.71. The molecule has 2 heterocycles. The predicted octanol–water partition coefficient (Wildman–Crippen LogP) is 0.835. The lowest BCUT2D eigenvalue weighted by Gasteiger charge is -2.32. The van der Waals surface area contributed by atoms with Crippen LogP contribution >= 0.6 is 0 Å². The molecule has 0 saturated carbocycles. The Hall–Kier alpha value is -1.43. The van der Waals surface area contributed by atoms with Crippen molar-refractivity contribution in [3.05, 3.63) is 6.20 Å². The minimum Gasteiger partial charge on any atom is -0.353 e. The quantitative estimate of drug-likeness (QED) is 0.781. The summed E-state index contributed by atoms with van der Waals surface area (Å²) in [5.41, 5.74) is 0. The Morgan fingerprint density at radius 3 is 2.78 bits per heavy atom. The van der Waals surface area contributed by atoms with Crippen molar-refractivity contribution in [3.63, 3.8) is 0 Å². The van der Waals surface area contributed by atoms with Crippen molar-refractivity contribution in [2.45, 2.75) is 19.8 Å². The predicted molar refractivity (Wildman–Crippen MR) is 72.9 cm³/mol. The number of nitrogens with one attached hydrogen (secondary N) is 1. The van der Waals surface area contributed by atoms with E-state index in [1.165, 1.54) is 6.42 Å². The van der Waals surface area contributed by atoms with Gasteiger partial charge in [0.25, 0.3) is 0 Å². The van der Waals surface area contributed by atoms with E-state index in [2.05, 4.69) is 44.3 Å². The molecule has 0 atom stereocenters. The third-order valence-corrected chi connectivity index (χ3v) is 3.19. The molecule has 100 valence electrons. The minimum atomic E-state index is 0.639. The van der Waals surface area contributed by atoms with Crippen molar-refractivity contribution in [2.24, 2.45) is 0 Å². The number of likely N-dealkylation sites (N-methyl/N-ethyl adjacent to an activating group) is 1. The molecule has 0 unspecified atom stereocenters. The number of aromatic nitrogens is 3. The Labute approximate surface area is 108 Å². The molecule has 1 aromatic heterocycles. The first-order chi connectivity index (χ1) is 8.79. The van der Waals surface area contributed by atoms with Crippen LogP contribution in [0.15, 0.2) is 6.20 Å². The van der Waals surface area contributed by atoms with Gasteiger partial charge in [0.05, 0.1) is 6.20 Å². The Morgan fingerprint density at radius 1 is 1.28 bits per heavy atom. The van der Waals surface area contributed by atoms with Gasteiger partial charge in [0.1, 0.15) is 0 Å². The largest absolute Gasteiger partial charge is 0.353 e. The number of unbranched alkanes of at least 4 members (excludes halogenated alkanes) is 1. The lowest BCUT2D eigenvalue weighted by Crippen LogP contribution is -2.44. The number of piperazine rings is 1. The zero-order chi connectivity index (χ0) is 12.8. The maximum absolute atomic E-state index is 4.52. The maximum atomic E-state index is 4.52. The van der Waals surface area contributed by atoms with Gasteiger partial charge in [0.15, 0.2) is 5.82 Å². The molecular formula is C12H22N6. The van der Waals surface area contributed by atoms with E-state index in [9.17, 15) is 0 Å². The average Bonchev–Trinajstić information content (AvgIpc) is 2.40. The molecule has 1 N–H and O–H groups in total. The third-order valence-electron chi connectivity index (χ3n) is 3.19. The summed E-state index contributed by atoms with van der Waals surface area (Å²) >= 11 is 0. The SMILES string of the molecule is CCCCNc1nncc(N2CCN(C)CC2)n1. The standard InChI is InChI=1S/C12H22N6/c1-3-4-5-13-12-15-11(10-14-16-12)18-8-6-17(2)7-9-18/h10H,3-9H2,1-2H3,(H,13,15,16). The zero-order valence-corrected chi connectivity index (χ0v) is 11.3. The summed E-state index contributed by atoms with van der Waals surface area (Å²) in [6.07, 6.45) is 4.04. The molecule has 2 rings (SSSR count). The summed E-state index contributed by atoms with van der Waals surface area (Å²) in [6, 6.07) is 0. The van der Waals surface area contributed by atoms with Gasteiger partial charge >= 0.3 is 0 Å². The summed E-state index contributed by atoms with van der Waals surface area (Å²) in [5, 5.41) is 11.3. The molecule has 1 aliphatic heterocycles. The molecule has 1 aromatic rings. The first-order valence-corrected chi connectivity index (χ1v) is 6.66. The van der Waals surface area contributed by atoms with E-state index >= 15 is 0 Å². The lowest BCUT2D eigenvalue weighted by atomic mass is 10.3. The highest BCUT2D eigenvalue weighted by Gasteiger charge is 2.16. The van der Waals surface area contributed by atoms with Crippen molar-refractivity contribution < 1.29 is 0 Å². The van der Waals surface area contributed by atoms with Gasteiger partial charge in [-0.1, -0.05) is 13.3 Å². The Kier molecular flexibility index (Phi) is 4.69. The van der Waals surface area contributed by atoms with Crippen LogP contribution < -0.4 is 10.2 Å². The number of rotatable bonds is 5. The van der Waals surface area contributed by atoms with E-state index in [-0.39, 0.29) is 0 Å². The topological polar surface area (TPSA) is 57.2 Å². The van der Waals surface area contributed by atoms with E-state index < -0.39 is 0 Å². The van der Waals surface area contributed by atoms with E-state index in [1.54, 1.807) is 6.20 Å².